The lowest BCUT2D eigenvalue weighted by Gasteiger charge is -2.48. The summed E-state index contributed by atoms with van der Waals surface area (Å²) in [5.74, 6) is -6.52. The average Bonchev–Trinajstić information content (AvgIpc) is 3.01. The molecule has 33 heavy (non-hydrogen) atoms. The molecule has 1 aromatic rings. The Morgan fingerprint density at radius 1 is 1.36 bits per heavy atom. The highest BCUT2D eigenvalue weighted by molar-refractivity contribution is 6.36. The number of rotatable bonds is 2. The largest absolute Gasteiger partial charge is 0.444 e. The van der Waals surface area contributed by atoms with Crippen LogP contribution in [0.2, 0.25) is 0 Å². The molecule has 0 bridgehead atoms. The second kappa shape index (κ2) is 7.75. The van der Waals surface area contributed by atoms with Crippen LogP contribution in [0.15, 0.2) is 41.0 Å². The van der Waals surface area contributed by atoms with Crippen molar-refractivity contribution in [1.82, 2.24) is 20.2 Å². The van der Waals surface area contributed by atoms with Crippen molar-refractivity contribution in [2.75, 3.05) is 18.4 Å². The Morgan fingerprint density at radius 3 is 2.73 bits per heavy atom. The Morgan fingerprint density at radius 2 is 2.09 bits per heavy atom. The first-order valence-electron chi connectivity index (χ1n) is 10.2. The van der Waals surface area contributed by atoms with Gasteiger partial charge < -0.3 is 20.3 Å². The average molecular weight is 482 g/mol. The number of Topliss-reactive ketones (excluding diaryl/α,β-unsaturated/α-hetero) is 1. The molecule has 0 radical (unpaired) electrons. The molecule has 0 aromatic carbocycles. The number of allylic oxidation sites excluding steroid dienone is 3. The van der Waals surface area contributed by atoms with Gasteiger partial charge in [-0.3, -0.25) is 9.59 Å². The van der Waals surface area contributed by atoms with Crippen LogP contribution in [0, 0.1) is 5.92 Å². The summed E-state index contributed by atoms with van der Waals surface area (Å²) in [4.78, 5) is 47.7. The maximum absolute atomic E-state index is 15.5. The highest BCUT2D eigenvalue weighted by atomic mass is 35.5. The van der Waals surface area contributed by atoms with Gasteiger partial charge in [0.15, 0.2) is 5.78 Å². The summed E-state index contributed by atoms with van der Waals surface area (Å²) in [7, 11) is 0. The molecular weight excluding hydrogens is 460 g/mol. The van der Waals surface area contributed by atoms with E-state index >= 15 is 8.78 Å². The number of anilines is 1. The fourth-order valence-electron chi connectivity index (χ4n) is 4.26. The van der Waals surface area contributed by atoms with Crippen molar-refractivity contribution in [3.63, 3.8) is 0 Å². The lowest BCUT2D eigenvalue weighted by molar-refractivity contribution is -0.154. The molecule has 4 rings (SSSR count). The van der Waals surface area contributed by atoms with Crippen molar-refractivity contribution >= 4 is 35.2 Å². The molecule has 2 saturated heterocycles. The van der Waals surface area contributed by atoms with E-state index in [0.29, 0.717) is 0 Å². The first kappa shape index (κ1) is 23.1. The van der Waals surface area contributed by atoms with Crippen LogP contribution in [-0.4, -0.2) is 62.8 Å². The first-order valence-corrected chi connectivity index (χ1v) is 10.6. The SMILES string of the molecule is CC(C)(C)OC(=O)N1CCC(F)(F)C2(C1)NC(=O)C1=C(Cl)C=C(Nc3ccncn3)C(=O)C12. The predicted molar refractivity (Wildman–Crippen MR) is 113 cm³/mol. The summed E-state index contributed by atoms with van der Waals surface area (Å²) in [6.07, 6.45) is 2.31. The summed E-state index contributed by atoms with van der Waals surface area (Å²) in [5, 5.41) is 4.92. The molecule has 0 saturated carbocycles. The molecule has 9 nitrogen and oxygen atoms in total. The van der Waals surface area contributed by atoms with Crippen molar-refractivity contribution in [1.29, 1.82) is 0 Å². The summed E-state index contributed by atoms with van der Waals surface area (Å²) >= 11 is 6.29. The van der Waals surface area contributed by atoms with Gasteiger partial charge in [-0.2, -0.15) is 0 Å². The number of piperidine rings is 1. The number of ether oxygens (including phenoxy) is 1. The van der Waals surface area contributed by atoms with Crippen LogP contribution in [0.5, 0.6) is 0 Å². The quantitative estimate of drug-likeness (QED) is 0.667. The Kier molecular flexibility index (Phi) is 5.43. The molecule has 2 atom stereocenters. The van der Waals surface area contributed by atoms with E-state index in [1.54, 1.807) is 20.8 Å². The normalized spacial score (nSPS) is 26.7. The Balaban J connectivity index is 1.73. The number of hydrogen-bond acceptors (Lipinski definition) is 7. The van der Waals surface area contributed by atoms with Crippen LogP contribution in [-0.2, 0) is 14.3 Å². The van der Waals surface area contributed by atoms with E-state index in [0.717, 1.165) is 4.90 Å². The molecule has 2 unspecified atom stereocenters. The third-order valence-electron chi connectivity index (χ3n) is 5.70. The zero-order chi connectivity index (χ0) is 24.2. The molecule has 176 valence electrons. The van der Waals surface area contributed by atoms with Crippen LogP contribution in [0.4, 0.5) is 19.4 Å². The number of ketones is 1. The molecular formula is C21H22ClF2N5O4. The van der Waals surface area contributed by atoms with Gasteiger partial charge in [-0.15, -0.1) is 0 Å². The van der Waals surface area contributed by atoms with Crippen LogP contribution in [0.1, 0.15) is 27.2 Å². The summed E-state index contributed by atoms with van der Waals surface area (Å²) < 4.78 is 36.3. The predicted octanol–water partition coefficient (Wildman–Crippen LogP) is 2.61. The first-order chi connectivity index (χ1) is 15.3. The number of likely N-dealkylation sites (tertiary alicyclic amines) is 1. The number of nitrogens with one attached hydrogen (secondary N) is 2. The Hall–Kier alpha value is -3.08. The molecule has 1 spiro atoms. The van der Waals surface area contributed by atoms with Gasteiger partial charge >= 0.3 is 6.09 Å². The minimum Gasteiger partial charge on any atom is -0.444 e. The van der Waals surface area contributed by atoms with Crippen LogP contribution >= 0.6 is 11.6 Å². The maximum atomic E-state index is 15.5. The molecule has 12 heteroatoms. The van der Waals surface area contributed by atoms with E-state index in [1.165, 1.54) is 24.7 Å². The molecule has 3 heterocycles. The van der Waals surface area contributed by atoms with E-state index in [1.807, 2.05) is 0 Å². The van der Waals surface area contributed by atoms with Gasteiger partial charge in [-0.25, -0.2) is 23.5 Å². The van der Waals surface area contributed by atoms with Gasteiger partial charge in [0, 0.05) is 24.7 Å². The fourth-order valence-corrected chi connectivity index (χ4v) is 4.57. The summed E-state index contributed by atoms with van der Waals surface area (Å²) in [6.45, 7) is 4.04. The summed E-state index contributed by atoms with van der Waals surface area (Å²) in [5.41, 5.74) is -3.58. The minimum atomic E-state index is -3.50. The highest BCUT2D eigenvalue weighted by Crippen LogP contribution is 2.51. The van der Waals surface area contributed by atoms with Gasteiger partial charge in [0.1, 0.15) is 23.3 Å². The zero-order valence-electron chi connectivity index (χ0n) is 18.1. The number of fused-ring (bicyclic) bond motifs is 2. The van der Waals surface area contributed by atoms with Gasteiger partial charge in [0.2, 0.25) is 5.91 Å². The zero-order valence-corrected chi connectivity index (χ0v) is 18.9. The number of alkyl halides is 2. The Labute approximate surface area is 193 Å². The number of halogens is 3. The number of nitrogens with zero attached hydrogens (tertiary/aromatic N) is 3. The van der Waals surface area contributed by atoms with Gasteiger partial charge in [0.05, 0.1) is 23.2 Å². The molecule has 1 aromatic heterocycles. The standard InChI is InChI=1S/C21H22ClF2N5O4/c1-19(2,3)33-18(32)29-7-5-21(23,24)20(9-29)15-14(17(31)28-20)11(22)8-12(16(15)30)27-13-4-6-25-10-26-13/h4,6,8,10,15H,5,7,9H2,1-3H3,(H,28,31)(H,25,26,27). The number of hydrogen-bond donors (Lipinski definition) is 2. The molecule has 2 amide bonds. The van der Waals surface area contributed by atoms with Gasteiger partial charge in [-0.05, 0) is 32.9 Å². The summed E-state index contributed by atoms with van der Waals surface area (Å²) in [6, 6.07) is 1.48. The lowest BCUT2D eigenvalue weighted by Crippen LogP contribution is -2.71. The van der Waals surface area contributed by atoms with E-state index in [9.17, 15) is 14.4 Å². The second-order valence-electron chi connectivity index (χ2n) is 9.12. The molecule has 1 aliphatic carbocycles. The number of carbonyl (C=O) groups excluding carboxylic acids is 3. The third-order valence-corrected chi connectivity index (χ3v) is 6.02. The van der Waals surface area contributed by atoms with E-state index < -0.39 is 53.7 Å². The van der Waals surface area contributed by atoms with E-state index in [-0.39, 0.29) is 28.7 Å². The monoisotopic (exact) mass is 481 g/mol. The van der Waals surface area contributed by atoms with Crippen molar-refractivity contribution < 1.29 is 27.9 Å². The fraction of sp³-hybridized carbons (Fsp3) is 0.476. The lowest BCUT2D eigenvalue weighted by atomic mass is 9.70. The molecule has 2 N–H and O–H groups in total. The van der Waals surface area contributed by atoms with Crippen molar-refractivity contribution in [2.45, 2.75) is 44.3 Å². The molecule has 2 aliphatic heterocycles. The molecule has 3 aliphatic rings. The second-order valence-corrected chi connectivity index (χ2v) is 9.53. The topological polar surface area (TPSA) is 114 Å². The van der Waals surface area contributed by atoms with Crippen molar-refractivity contribution in [3.05, 3.63) is 41.0 Å². The van der Waals surface area contributed by atoms with Crippen molar-refractivity contribution in [2.24, 2.45) is 5.92 Å². The van der Waals surface area contributed by atoms with Crippen molar-refractivity contribution in [3.8, 4) is 0 Å². The van der Waals surface area contributed by atoms with Gasteiger partial charge in [-0.1, -0.05) is 11.6 Å². The minimum absolute atomic E-state index is 0.103. The highest BCUT2D eigenvalue weighted by Gasteiger charge is 2.70. The van der Waals surface area contributed by atoms with Gasteiger partial charge in [0.25, 0.3) is 5.92 Å². The number of aromatic nitrogens is 2. The van der Waals surface area contributed by atoms with Crippen LogP contribution < -0.4 is 10.6 Å². The van der Waals surface area contributed by atoms with Crippen LogP contribution in [0.3, 0.4) is 0 Å². The number of carbonyl (C=O) groups is 3. The van der Waals surface area contributed by atoms with E-state index in [4.69, 9.17) is 16.3 Å². The smallest absolute Gasteiger partial charge is 0.410 e. The Bertz CT molecular complexity index is 1090. The van der Waals surface area contributed by atoms with E-state index in [2.05, 4.69) is 20.6 Å². The maximum Gasteiger partial charge on any atom is 0.410 e. The molecule has 2 fully saturated rings. The number of amides is 2. The third kappa shape index (κ3) is 3.94. The van der Waals surface area contributed by atoms with Crippen LogP contribution in [0.25, 0.3) is 0 Å².